The number of carboxylic acid groups (broad SMARTS) is 1. The van der Waals surface area contributed by atoms with E-state index in [0.717, 1.165) is 31.6 Å². The van der Waals surface area contributed by atoms with Gasteiger partial charge in [0.25, 0.3) is 0 Å². The molecule has 168 valence electrons. The maximum atomic E-state index is 11.4. The molecule has 1 atom stereocenters. The third-order valence-electron chi connectivity index (χ3n) is 6.18. The van der Waals surface area contributed by atoms with Gasteiger partial charge in [-0.1, -0.05) is 49.2 Å². The van der Waals surface area contributed by atoms with Crippen LogP contribution in [0.4, 0.5) is 0 Å². The van der Waals surface area contributed by atoms with E-state index in [4.69, 9.17) is 27.9 Å². The molecule has 1 unspecified atom stereocenters. The number of benzene rings is 2. The minimum atomic E-state index is -1.06. The topological polar surface area (TPSA) is 70.0 Å². The van der Waals surface area contributed by atoms with Crippen LogP contribution >= 0.6 is 23.2 Å². The van der Waals surface area contributed by atoms with Crippen LogP contribution in [0.1, 0.15) is 42.6 Å². The zero-order valence-corrected chi connectivity index (χ0v) is 19.4. The summed E-state index contributed by atoms with van der Waals surface area (Å²) in [7, 11) is 0. The molecule has 0 amide bonds. The van der Waals surface area contributed by atoms with Crippen molar-refractivity contribution in [2.75, 3.05) is 26.2 Å². The zero-order chi connectivity index (χ0) is 22.6. The predicted molar refractivity (Wildman–Crippen MR) is 123 cm³/mol. The number of rotatable bonds is 8. The van der Waals surface area contributed by atoms with E-state index < -0.39 is 11.6 Å². The molecule has 7 heteroatoms. The third-order valence-corrected chi connectivity index (χ3v) is 6.67. The Balaban J connectivity index is 1.51. The Morgan fingerprint density at radius 3 is 2.45 bits per heavy atom. The monoisotopic (exact) mass is 465 g/mol. The van der Waals surface area contributed by atoms with Gasteiger partial charge in [0.15, 0.2) is 0 Å². The van der Waals surface area contributed by atoms with Crippen molar-refractivity contribution in [2.24, 2.45) is 5.41 Å². The SMILES string of the molecule is CC1(C)CN(CCCOc2ccc(Cl)cc2C(=O)O)CCC1(O)Cc1ccc(Cl)cc1. The zero-order valence-electron chi connectivity index (χ0n) is 17.9. The van der Waals surface area contributed by atoms with Gasteiger partial charge in [0, 0.05) is 41.5 Å². The third kappa shape index (κ3) is 5.92. The number of carboxylic acids is 1. The number of aromatic carboxylic acids is 1. The molecule has 2 aromatic carbocycles. The van der Waals surface area contributed by atoms with Crippen LogP contribution in [0.3, 0.4) is 0 Å². The van der Waals surface area contributed by atoms with Gasteiger partial charge >= 0.3 is 5.97 Å². The van der Waals surface area contributed by atoms with E-state index in [2.05, 4.69) is 18.7 Å². The molecule has 1 aliphatic rings. The average Bonchev–Trinajstić information content (AvgIpc) is 2.70. The first-order chi connectivity index (χ1) is 14.6. The van der Waals surface area contributed by atoms with Gasteiger partial charge in [0.1, 0.15) is 11.3 Å². The second-order valence-corrected chi connectivity index (χ2v) is 9.77. The lowest BCUT2D eigenvalue weighted by molar-refractivity contribution is -0.118. The molecule has 0 spiro atoms. The molecule has 0 aliphatic carbocycles. The molecule has 1 heterocycles. The Morgan fingerprint density at radius 2 is 1.81 bits per heavy atom. The summed E-state index contributed by atoms with van der Waals surface area (Å²) in [4.78, 5) is 13.7. The molecule has 2 N–H and O–H groups in total. The fourth-order valence-corrected chi connectivity index (χ4v) is 4.49. The van der Waals surface area contributed by atoms with Crippen molar-refractivity contribution in [3.05, 3.63) is 63.6 Å². The van der Waals surface area contributed by atoms with E-state index in [1.807, 2.05) is 24.3 Å². The largest absolute Gasteiger partial charge is 0.493 e. The molecule has 0 aromatic heterocycles. The van der Waals surface area contributed by atoms with Crippen LogP contribution in [0, 0.1) is 5.41 Å². The van der Waals surface area contributed by atoms with Crippen LogP contribution < -0.4 is 4.74 Å². The number of hydrogen-bond donors (Lipinski definition) is 2. The second-order valence-electron chi connectivity index (χ2n) is 8.89. The highest BCUT2D eigenvalue weighted by Crippen LogP contribution is 2.41. The number of hydrogen-bond acceptors (Lipinski definition) is 4. The first kappa shape index (κ1) is 23.9. The number of carbonyl (C=O) groups is 1. The normalized spacial score (nSPS) is 21.1. The summed E-state index contributed by atoms with van der Waals surface area (Å²) in [5.74, 6) is -0.733. The van der Waals surface area contributed by atoms with E-state index >= 15 is 0 Å². The van der Waals surface area contributed by atoms with Crippen molar-refractivity contribution in [1.82, 2.24) is 4.90 Å². The number of halogens is 2. The fourth-order valence-electron chi connectivity index (χ4n) is 4.19. The average molecular weight is 466 g/mol. The van der Waals surface area contributed by atoms with Crippen LogP contribution in [-0.4, -0.2) is 52.9 Å². The van der Waals surface area contributed by atoms with Crippen molar-refractivity contribution in [3.63, 3.8) is 0 Å². The molecule has 3 rings (SSSR count). The van der Waals surface area contributed by atoms with Crippen molar-refractivity contribution in [2.45, 2.75) is 38.7 Å². The van der Waals surface area contributed by atoms with Gasteiger partial charge in [0.05, 0.1) is 12.2 Å². The van der Waals surface area contributed by atoms with Crippen LogP contribution in [0.25, 0.3) is 0 Å². The van der Waals surface area contributed by atoms with Gasteiger partial charge in [-0.25, -0.2) is 4.79 Å². The van der Waals surface area contributed by atoms with Gasteiger partial charge in [-0.2, -0.15) is 0 Å². The molecule has 31 heavy (non-hydrogen) atoms. The Bertz CT molecular complexity index is 916. The molecule has 0 radical (unpaired) electrons. The summed E-state index contributed by atoms with van der Waals surface area (Å²) in [6.07, 6.45) is 2.04. The lowest BCUT2D eigenvalue weighted by Gasteiger charge is -2.50. The summed E-state index contributed by atoms with van der Waals surface area (Å²) >= 11 is 11.9. The summed E-state index contributed by atoms with van der Waals surface area (Å²) in [5.41, 5.74) is 0.0873. The highest BCUT2D eigenvalue weighted by Gasteiger charge is 2.47. The summed E-state index contributed by atoms with van der Waals surface area (Å²) in [6, 6.07) is 12.3. The van der Waals surface area contributed by atoms with Crippen molar-refractivity contribution < 1.29 is 19.7 Å². The van der Waals surface area contributed by atoms with Crippen LogP contribution in [0.2, 0.25) is 10.0 Å². The molecular formula is C24H29Cl2NO4. The van der Waals surface area contributed by atoms with Gasteiger partial charge < -0.3 is 19.8 Å². The van der Waals surface area contributed by atoms with Gasteiger partial charge in [0.2, 0.25) is 0 Å². The molecule has 2 aromatic rings. The van der Waals surface area contributed by atoms with Crippen molar-refractivity contribution in [3.8, 4) is 5.75 Å². The summed E-state index contributed by atoms with van der Waals surface area (Å²) < 4.78 is 5.70. The molecule has 1 fully saturated rings. The van der Waals surface area contributed by atoms with Crippen LogP contribution in [0.5, 0.6) is 5.75 Å². The molecule has 1 aliphatic heterocycles. The van der Waals surface area contributed by atoms with Crippen LogP contribution in [-0.2, 0) is 6.42 Å². The fraction of sp³-hybridized carbons (Fsp3) is 0.458. The van der Waals surface area contributed by atoms with E-state index in [-0.39, 0.29) is 11.0 Å². The Labute approximate surface area is 193 Å². The summed E-state index contributed by atoms with van der Waals surface area (Å²) in [6.45, 7) is 7.02. The number of likely N-dealkylation sites (tertiary alicyclic amines) is 1. The highest BCUT2D eigenvalue weighted by molar-refractivity contribution is 6.31. The van der Waals surface area contributed by atoms with Crippen LogP contribution in [0.15, 0.2) is 42.5 Å². The Hall–Kier alpha value is -1.79. The van der Waals surface area contributed by atoms with E-state index in [1.54, 1.807) is 12.1 Å². The minimum Gasteiger partial charge on any atom is -0.493 e. The number of piperidine rings is 1. The smallest absolute Gasteiger partial charge is 0.339 e. The summed E-state index contributed by atoms with van der Waals surface area (Å²) in [5, 5.41) is 21.8. The Kier molecular flexibility index (Phi) is 7.53. The predicted octanol–water partition coefficient (Wildman–Crippen LogP) is 5.17. The molecule has 1 saturated heterocycles. The lowest BCUT2D eigenvalue weighted by atomic mass is 9.67. The molecule has 0 bridgehead atoms. The maximum absolute atomic E-state index is 11.4. The van der Waals surface area contributed by atoms with Gasteiger partial charge in [-0.3, -0.25) is 0 Å². The van der Waals surface area contributed by atoms with E-state index in [0.29, 0.717) is 35.2 Å². The van der Waals surface area contributed by atoms with Crippen molar-refractivity contribution >= 4 is 29.2 Å². The quantitative estimate of drug-likeness (QED) is 0.526. The van der Waals surface area contributed by atoms with Gasteiger partial charge in [-0.15, -0.1) is 0 Å². The maximum Gasteiger partial charge on any atom is 0.339 e. The van der Waals surface area contributed by atoms with E-state index in [9.17, 15) is 15.0 Å². The Morgan fingerprint density at radius 1 is 1.13 bits per heavy atom. The number of aliphatic hydroxyl groups is 1. The van der Waals surface area contributed by atoms with Crippen molar-refractivity contribution in [1.29, 1.82) is 0 Å². The van der Waals surface area contributed by atoms with E-state index in [1.165, 1.54) is 6.07 Å². The second kappa shape index (κ2) is 9.78. The number of nitrogens with zero attached hydrogens (tertiary/aromatic N) is 1. The lowest BCUT2D eigenvalue weighted by Crippen LogP contribution is -2.58. The van der Waals surface area contributed by atoms with Gasteiger partial charge in [-0.05, 0) is 48.7 Å². The standard InChI is InChI=1S/C24H29Cl2NO4/c1-23(2)16-27(12-10-24(23,30)15-17-4-6-18(25)7-5-17)11-3-13-31-21-9-8-19(26)14-20(21)22(28)29/h4-9,14,30H,3,10-13,15-16H2,1-2H3,(H,28,29). The minimum absolute atomic E-state index is 0.0684. The molecule has 5 nitrogen and oxygen atoms in total. The molecule has 0 saturated carbocycles. The molecular weight excluding hydrogens is 437 g/mol. The first-order valence-electron chi connectivity index (χ1n) is 10.4. The first-order valence-corrected chi connectivity index (χ1v) is 11.2. The number of ether oxygens (including phenoxy) is 1. The highest BCUT2D eigenvalue weighted by atomic mass is 35.5.